The van der Waals surface area contributed by atoms with Crippen molar-refractivity contribution < 1.29 is 14.3 Å². The Morgan fingerprint density at radius 2 is 1.77 bits per heavy atom. The van der Waals surface area contributed by atoms with Gasteiger partial charge >= 0.3 is 5.97 Å². The normalized spacial score (nSPS) is 12.3. The van der Waals surface area contributed by atoms with E-state index >= 15 is 0 Å². The number of aryl methyl sites for hydroxylation is 1. The van der Waals surface area contributed by atoms with Gasteiger partial charge in [-0.1, -0.05) is 31.5 Å². The minimum Gasteiger partial charge on any atom is -0.463 e. The van der Waals surface area contributed by atoms with E-state index < -0.39 is 12.0 Å². The molecule has 0 heterocycles. The number of hydrogen-bond acceptors (Lipinski definition) is 4. The molecule has 1 N–H and O–H groups in total. The molecule has 0 radical (unpaired) electrons. The van der Waals surface area contributed by atoms with Crippen LogP contribution in [0.2, 0.25) is 0 Å². The SMILES string of the molecule is Cc1ccc(C(=O)N[C@H](C(=O)OCCN(C)C)C(C)C)cc1. The van der Waals surface area contributed by atoms with E-state index in [9.17, 15) is 9.59 Å². The van der Waals surface area contributed by atoms with Crippen molar-refractivity contribution in [2.45, 2.75) is 26.8 Å². The number of ether oxygens (including phenoxy) is 1. The van der Waals surface area contributed by atoms with Gasteiger partial charge in [-0.25, -0.2) is 4.79 Å². The number of likely N-dealkylation sites (N-methyl/N-ethyl adjacent to an activating group) is 1. The van der Waals surface area contributed by atoms with Gasteiger partial charge in [0.25, 0.3) is 5.91 Å². The van der Waals surface area contributed by atoms with E-state index in [4.69, 9.17) is 4.74 Å². The zero-order chi connectivity index (χ0) is 16.7. The molecule has 0 fully saturated rings. The van der Waals surface area contributed by atoms with Gasteiger partial charge < -0.3 is 15.0 Å². The maximum Gasteiger partial charge on any atom is 0.328 e. The molecule has 1 aromatic carbocycles. The molecule has 1 aromatic rings. The van der Waals surface area contributed by atoms with E-state index in [1.807, 2.05) is 51.9 Å². The third-order valence-corrected chi connectivity index (χ3v) is 3.30. The molecule has 0 aliphatic rings. The van der Waals surface area contributed by atoms with E-state index in [0.717, 1.165) is 5.56 Å². The molecule has 0 spiro atoms. The summed E-state index contributed by atoms with van der Waals surface area (Å²) < 4.78 is 5.24. The quantitative estimate of drug-likeness (QED) is 0.781. The Morgan fingerprint density at radius 1 is 1.18 bits per heavy atom. The lowest BCUT2D eigenvalue weighted by atomic mass is 10.0. The first-order valence-electron chi connectivity index (χ1n) is 7.50. The summed E-state index contributed by atoms with van der Waals surface area (Å²) in [7, 11) is 3.82. The molecule has 0 bridgehead atoms. The van der Waals surface area contributed by atoms with Gasteiger partial charge in [0, 0.05) is 12.1 Å². The molecule has 22 heavy (non-hydrogen) atoms. The van der Waals surface area contributed by atoms with E-state index in [2.05, 4.69) is 5.32 Å². The highest BCUT2D eigenvalue weighted by Gasteiger charge is 2.26. The molecule has 5 heteroatoms. The number of nitrogens with zero attached hydrogens (tertiary/aromatic N) is 1. The summed E-state index contributed by atoms with van der Waals surface area (Å²) in [6.07, 6.45) is 0. The standard InChI is InChI=1S/C17H26N2O3/c1-12(2)15(17(21)22-11-10-19(4)5)18-16(20)14-8-6-13(3)7-9-14/h6-9,12,15H,10-11H2,1-5H3,(H,18,20)/t15-/m0/s1. The zero-order valence-corrected chi connectivity index (χ0v) is 14.1. The molecular weight excluding hydrogens is 280 g/mol. The molecule has 1 amide bonds. The van der Waals surface area contributed by atoms with Crippen molar-refractivity contribution in [1.29, 1.82) is 0 Å². The fourth-order valence-corrected chi connectivity index (χ4v) is 1.85. The Bertz CT molecular complexity index is 495. The molecule has 0 aliphatic carbocycles. The van der Waals surface area contributed by atoms with Crippen LogP contribution in [-0.2, 0) is 9.53 Å². The summed E-state index contributed by atoms with van der Waals surface area (Å²) in [4.78, 5) is 26.3. The average Bonchev–Trinajstić information content (AvgIpc) is 2.44. The Hall–Kier alpha value is -1.88. The van der Waals surface area contributed by atoms with E-state index in [0.29, 0.717) is 18.7 Å². The molecule has 0 saturated carbocycles. The summed E-state index contributed by atoms with van der Waals surface area (Å²) in [6, 6.07) is 6.60. The number of rotatable bonds is 7. The number of benzene rings is 1. The minimum absolute atomic E-state index is 0.0405. The van der Waals surface area contributed by atoms with Crippen LogP contribution in [0.1, 0.15) is 29.8 Å². The Labute approximate surface area is 132 Å². The second-order valence-electron chi connectivity index (χ2n) is 6.03. The molecule has 122 valence electrons. The lowest BCUT2D eigenvalue weighted by molar-refractivity contribution is -0.147. The Kier molecular flexibility index (Phi) is 7.05. The van der Waals surface area contributed by atoms with Crippen molar-refractivity contribution in [2.75, 3.05) is 27.2 Å². The monoisotopic (exact) mass is 306 g/mol. The Balaban J connectivity index is 2.65. The number of carbonyl (C=O) groups excluding carboxylic acids is 2. The van der Waals surface area contributed by atoms with E-state index in [-0.39, 0.29) is 11.8 Å². The summed E-state index contributed by atoms with van der Waals surface area (Å²) in [5.41, 5.74) is 1.62. The number of carbonyl (C=O) groups is 2. The van der Waals surface area contributed by atoms with Crippen LogP contribution in [-0.4, -0.2) is 50.1 Å². The van der Waals surface area contributed by atoms with Gasteiger partial charge in [0.15, 0.2) is 0 Å². The fraction of sp³-hybridized carbons (Fsp3) is 0.529. The van der Waals surface area contributed by atoms with Gasteiger partial charge in [0.1, 0.15) is 12.6 Å². The van der Waals surface area contributed by atoms with Crippen molar-refractivity contribution >= 4 is 11.9 Å². The number of nitrogens with one attached hydrogen (secondary N) is 1. The second-order valence-corrected chi connectivity index (χ2v) is 6.03. The molecule has 1 atom stereocenters. The van der Waals surface area contributed by atoms with Crippen LogP contribution in [0.4, 0.5) is 0 Å². The van der Waals surface area contributed by atoms with Crippen LogP contribution < -0.4 is 5.32 Å². The van der Waals surface area contributed by atoms with E-state index in [1.165, 1.54) is 0 Å². The predicted octanol–water partition coefficient (Wildman–Crippen LogP) is 1.85. The van der Waals surface area contributed by atoms with Crippen LogP contribution in [0.15, 0.2) is 24.3 Å². The van der Waals surface area contributed by atoms with Gasteiger partial charge in [-0.2, -0.15) is 0 Å². The summed E-state index contributed by atoms with van der Waals surface area (Å²) in [6.45, 7) is 6.69. The first-order valence-corrected chi connectivity index (χ1v) is 7.50. The van der Waals surface area contributed by atoms with Crippen LogP contribution in [0.5, 0.6) is 0 Å². The Morgan fingerprint density at radius 3 is 2.27 bits per heavy atom. The molecular formula is C17H26N2O3. The smallest absolute Gasteiger partial charge is 0.328 e. The van der Waals surface area contributed by atoms with Gasteiger partial charge in [0.2, 0.25) is 0 Å². The lowest BCUT2D eigenvalue weighted by Gasteiger charge is -2.21. The zero-order valence-electron chi connectivity index (χ0n) is 14.1. The van der Waals surface area contributed by atoms with Gasteiger partial charge in [0.05, 0.1) is 0 Å². The average molecular weight is 306 g/mol. The van der Waals surface area contributed by atoms with Gasteiger partial charge in [-0.3, -0.25) is 4.79 Å². The van der Waals surface area contributed by atoms with Gasteiger partial charge in [-0.05, 0) is 39.1 Å². The molecule has 0 saturated heterocycles. The first kappa shape index (κ1) is 18.2. The van der Waals surface area contributed by atoms with Crippen LogP contribution in [0.25, 0.3) is 0 Å². The van der Waals surface area contributed by atoms with Crippen LogP contribution in [0.3, 0.4) is 0 Å². The largest absolute Gasteiger partial charge is 0.463 e. The molecule has 1 rings (SSSR count). The summed E-state index contributed by atoms with van der Waals surface area (Å²) in [5, 5.41) is 2.76. The van der Waals surface area contributed by atoms with Crippen LogP contribution in [0, 0.1) is 12.8 Å². The predicted molar refractivity (Wildman–Crippen MR) is 86.8 cm³/mol. The number of esters is 1. The number of hydrogen-bond donors (Lipinski definition) is 1. The van der Waals surface area contributed by atoms with Gasteiger partial charge in [-0.15, -0.1) is 0 Å². The third kappa shape index (κ3) is 5.85. The molecule has 0 aliphatic heterocycles. The lowest BCUT2D eigenvalue weighted by Crippen LogP contribution is -2.45. The summed E-state index contributed by atoms with van der Waals surface area (Å²) in [5.74, 6) is -0.693. The highest BCUT2D eigenvalue weighted by atomic mass is 16.5. The molecule has 0 aromatic heterocycles. The van der Waals surface area contributed by atoms with Crippen molar-refractivity contribution in [1.82, 2.24) is 10.2 Å². The third-order valence-electron chi connectivity index (χ3n) is 3.30. The highest BCUT2D eigenvalue weighted by Crippen LogP contribution is 2.08. The maximum absolute atomic E-state index is 12.2. The summed E-state index contributed by atoms with van der Waals surface area (Å²) >= 11 is 0. The highest BCUT2D eigenvalue weighted by molar-refractivity contribution is 5.96. The minimum atomic E-state index is -0.643. The fourth-order valence-electron chi connectivity index (χ4n) is 1.85. The number of amides is 1. The van der Waals surface area contributed by atoms with Crippen molar-refractivity contribution in [3.63, 3.8) is 0 Å². The van der Waals surface area contributed by atoms with Crippen molar-refractivity contribution in [3.05, 3.63) is 35.4 Å². The van der Waals surface area contributed by atoms with E-state index in [1.54, 1.807) is 12.1 Å². The maximum atomic E-state index is 12.2. The molecule has 5 nitrogen and oxygen atoms in total. The van der Waals surface area contributed by atoms with Crippen molar-refractivity contribution in [3.8, 4) is 0 Å². The second kappa shape index (κ2) is 8.54. The first-order chi connectivity index (χ1) is 10.3. The van der Waals surface area contributed by atoms with Crippen molar-refractivity contribution in [2.24, 2.45) is 5.92 Å². The van der Waals surface area contributed by atoms with Crippen LogP contribution >= 0.6 is 0 Å². The topological polar surface area (TPSA) is 58.6 Å². The molecule has 0 unspecified atom stereocenters.